The molecule has 16 rings (SSSR count). The van der Waals surface area contributed by atoms with Gasteiger partial charge in [0.2, 0.25) is 0 Å². The normalized spacial score (nSPS) is 15.3. The standard InChI is InChI=1S/C70H55BN4/c1-7-20-44(21-8-1)50-36-57-65-55(48-28-15-5-16-29-48)34-52(46-24-11-3-12-25-46)40-61(65)74-63-42-54(70-72-32-19-33-73-70)43-64-67(63)71(59(38-50)68(57)74)60-39-51(45-22-9-2-10-23-45)37-58-66-56(49-30-17-6-18-31-49)35-53(47-26-13-4-14-27-47)41-62(66)75(64)69(58)60/h3-6,11-19,24-45H,1-2,7-10,20-23H2. The van der Waals surface area contributed by atoms with Gasteiger partial charge in [0.25, 0.3) is 6.71 Å². The van der Waals surface area contributed by atoms with Gasteiger partial charge >= 0.3 is 0 Å². The molecule has 12 aromatic rings. The molecule has 2 aliphatic carbocycles. The number of rotatable bonds is 7. The van der Waals surface area contributed by atoms with Crippen LogP contribution in [-0.2, 0) is 0 Å². The molecule has 0 bridgehead atoms. The number of fused-ring (bicyclic) bond motifs is 10. The molecule has 5 heterocycles. The van der Waals surface area contributed by atoms with E-state index in [1.807, 2.05) is 18.5 Å². The highest BCUT2D eigenvalue weighted by molar-refractivity contribution is 7.00. The summed E-state index contributed by atoms with van der Waals surface area (Å²) in [5.74, 6) is 1.78. The second-order valence-electron chi connectivity index (χ2n) is 22.1. The molecule has 0 atom stereocenters. The van der Waals surface area contributed by atoms with E-state index in [0.29, 0.717) is 11.8 Å². The van der Waals surface area contributed by atoms with Crippen LogP contribution in [0.15, 0.2) is 200 Å². The largest absolute Gasteiger partial charge is 0.310 e. The Morgan fingerprint density at radius 2 is 0.787 bits per heavy atom. The Morgan fingerprint density at radius 1 is 0.373 bits per heavy atom. The van der Waals surface area contributed by atoms with E-state index >= 15 is 0 Å². The van der Waals surface area contributed by atoms with Crippen molar-refractivity contribution >= 4 is 66.7 Å². The lowest BCUT2D eigenvalue weighted by atomic mass is 9.34. The lowest BCUT2D eigenvalue weighted by Crippen LogP contribution is -2.59. The summed E-state index contributed by atoms with van der Waals surface area (Å²) in [6.45, 7) is -0.00557. The van der Waals surface area contributed by atoms with E-state index in [1.165, 1.54) is 191 Å². The van der Waals surface area contributed by atoms with E-state index in [0.717, 1.165) is 11.4 Å². The molecule has 0 radical (unpaired) electrons. The van der Waals surface area contributed by atoms with Crippen LogP contribution >= 0.6 is 0 Å². The van der Waals surface area contributed by atoms with Crippen LogP contribution in [0.4, 0.5) is 0 Å². The van der Waals surface area contributed by atoms with E-state index < -0.39 is 0 Å². The van der Waals surface area contributed by atoms with Crippen molar-refractivity contribution < 1.29 is 0 Å². The van der Waals surface area contributed by atoms with Gasteiger partial charge in [0, 0.05) is 61.9 Å². The predicted molar refractivity (Wildman–Crippen MR) is 314 cm³/mol. The second kappa shape index (κ2) is 17.1. The molecule has 9 aromatic carbocycles. The van der Waals surface area contributed by atoms with Gasteiger partial charge in [-0.15, -0.1) is 0 Å². The summed E-state index contributed by atoms with van der Waals surface area (Å²) < 4.78 is 5.38. The van der Waals surface area contributed by atoms with Crippen LogP contribution in [0.2, 0.25) is 0 Å². The van der Waals surface area contributed by atoms with Crippen molar-refractivity contribution in [2.75, 3.05) is 0 Å². The Bertz CT molecular complexity index is 3970. The summed E-state index contributed by atoms with van der Waals surface area (Å²) >= 11 is 0. The molecule has 4 nitrogen and oxygen atoms in total. The van der Waals surface area contributed by atoms with Gasteiger partial charge in [-0.1, -0.05) is 172 Å². The first kappa shape index (κ1) is 43.2. The Morgan fingerprint density at radius 3 is 1.21 bits per heavy atom. The summed E-state index contributed by atoms with van der Waals surface area (Å²) in [4.78, 5) is 10.0. The summed E-state index contributed by atoms with van der Waals surface area (Å²) in [6.07, 6.45) is 16.5. The third-order valence-corrected chi connectivity index (χ3v) is 17.9. The van der Waals surface area contributed by atoms with Gasteiger partial charge in [0.05, 0.1) is 11.0 Å². The van der Waals surface area contributed by atoms with Crippen molar-refractivity contribution in [2.45, 2.75) is 76.0 Å². The molecule has 4 aliphatic rings. The zero-order valence-electron chi connectivity index (χ0n) is 42.1. The molecule has 0 unspecified atom stereocenters. The van der Waals surface area contributed by atoms with E-state index in [4.69, 9.17) is 9.97 Å². The summed E-state index contributed by atoms with van der Waals surface area (Å²) in [5, 5.41) is 5.38. The molecule has 2 aliphatic heterocycles. The van der Waals surface area contributed by atoms with E-state index in [9.17, 15) is 0 Å². The Kier molecular flexibility index (Phi) is 9.87. The van der Waals surface area contributed by atoms with Crippen molar-refractivity contribution in [3.05, 3.63) is 212 Å². The molecule has 2 fully saturated rings. The second-order valence-corrected chi connectivity index (χ2v) is 22.1. The maximum absolute atomic E-state index is 5.01. The number of nitrogens with zero attached hydrogens (tertiary/aromatic N) is 4. The van der Waals surface area contributed by atoms with Crippen LogP contribution in [0.3, 0.4) is 0 Å². The monoisotopic (exact) mass is 962 g/mol. The Hall–Kier alpha value is -8.28. The average Bonchev–Trinajstić information content (AvgIpc) is 4.21. The fraction of sp³-hybridized carbons (Fsp3) is 0.171. The first-order valence-corrected chi connectivity index (χ1v) is 27.7. The highest BCUT2D eigenvalue weighted by atomic mass is 15.0. The molecule has 2 saturated carbocycles. The molecule has 75 heavy (non-hydrogen) atoms. The Labute approximate surface area is 438 Å². The summed E-state index contributed by atoms with van der Waals surface area (Å²) in [7, 11) is 0. The topological polar surface area (TPSA) is 35.6 Å². The maximum Gasteiger partial charge on any atom is 0.252 e. The first-order chi connectivity index (χ1) is 37.2. The number of benzene rings is 9. The van der Waals surface area contributed by atoms with Crippen LogP contribution in [0.25, 0.3) is 111 Å². The van der Waals surface area contributed by atoms with E-state index in [2.05, 4.69) is 191 Å². The minimum absolute atomic E-state index is 0.00557. The van der Waals surface area contributed by atoms with Gasteiger partial charge < -0.3 is 9.13 Å². The van der Waals surface area contributed by atoms with Crippen LogP contribution in [0, 0.1) is 0 Å². The van der Waals surface area contributed by atoms with Crippen molar-refractivity contribution in [3.8, 4) is 67.3 Å². The van der Waals surface area contributed by atoms with Crippen molar-refractivity contribution in [1.29, 1.82) is 0 Å². The molecule has 0 spiro atoms. The highest BCUT2D eigenvalue weighted by Gasteiger charge is 2.43. The van der Waals surface area contributed by atoms with Crippen LogP contribution in [-0.4, -0.2) is 25.8 Å². The van der Waals surface area contributed by atoms with Crippen LogP contribution in [0.1, 0.15) is 87.2 Å². The van der Waals surface area contributed by atoms with Crippen molar-refractivity contribution in [2.24, 2.45) is 0 Å². The first-order valence-electron chi connectivity index (χ1n) is 27.7. The predicted octanol–water partition coefficient (Wildman–Crippen LogP) is 16.2. The zero-order valence-corrected chi connectivity index (χ0v) is 42.1. The van der Waals surface area contributed by atoms with Crippen molar-refractivity contribution in [1.82, 2.24) is 19.1 Å². The molecule has 0 saturated heterocycles. The fourth-order valence-corrected chi connectivity index (χ4v) is 14.6. The highest BCUT2D eigenvalue weighted by Crippen LogP contribution is 2.49. The van der Waals surface area contributed by atoms with Crippen LogP contribution < -0.4 is 16.4 Å². The van der Waals surface area contributed by atoms with Crippen LogP contribution in [0.5, 0.6) is 0 Å². The number of hydrogen-bond acceptors (Lipinski definition) is 2. The lowest BCUT2D eigenvalue weighted by Gasteiger charge is -2.35. The third-order valence-electron chi connectivity index (χ3n) is 17.9. The fourth-order valence-electron chi connectivity index (χ4n) is 14.6. The van der Waals surface area contributed by atoms with Gasteiger partial charge in [0.1, 0.15) is 0 Å². The molecular formula is C70H55BN4. The molecule has 3 aromatic heterocycles. The smallest absolute Gasteiger partial charge is 0.252 e. The molecule has 358 valence electrons. The lowest BCUT2D eigenvalue weighted by molar-refractivity contribution is 0.444. The SMILES string of the molecule is c1ccc(-c2cc(-c3ccccc3)c3c4cc(C5CCCCC5)cc5c4n(c3c2)-c2cc(-c3ncccn3)cc3c2B5c2cc(C4CCCCC4)cc4c5c(-c6ccccc6)cc(-c6ccccc6)cc5n-3c24)cc1. The third kappa shape index (κ3) is 6.69. The number of hydrogen-bond donors (Lipinski definition) is 0. The summed E-state index contributed by atoms with van der Waals surface area (Å²) in [5.41, 5.74) is 25.8. The van der Waals surface area contributed by atoms with Gasteiger partial charge in [-0.3, -0.25) is 0 Å². The average molecular weight is 963 g/mol. The quantitative estimate of drug-likeness (QED) is 0.149. The molecule has 0 N–H and O–H groups in total. The Balaban J connectivity index is 1.12. The summed E-state index contributed by atoms with van der Waals surface area (Å²) in [6, 6.07) is 71.8. The van der Waals surface area contributed by atoms with Crippen molar-refractivity contribution in [3.63, 3.8) is 0 Å². The van der Waals surface area contributed by atoms with E-state index in [-0.39, 0.29) is 6.71 Å². The van der Waals surface area contributed by atoms with Gasteiger partial charge in [-0.2, -0.15) is 0 Å². The van der Waals surface area contributed by atoms with E-state index in [1.54, 1.807) is 0 Å². The minimum atomic E-state index is -0.00557. The zero-order chi connectivity index (χ0) is 49.1. The van der Waals surface area contributed by atoms with Gasteiger partial charge in [0.15, 0.2) is 5.82 Å². The molecular weight excluding hydrogens is 908 g/mol. The molecule has 0 amide bonds. The minimum Gasteiger partial charge on any atom is -0.310 e. The molecule has 5 heteroatoms. The number of aromatic nitrogens is 4. The van der Waals surface area contributed by atoms with Gasteiger partial charge in [-0.05, 0) is 164 Å². The van der Waals surface area contributed by atoms with Gasteiger partial charge in [-0.25, -0.2) is 9.97 Å². The maximum atomic E-state index is 5.01.